The van der Waals surface area contributed by atoms with E-state index in [4.69, 9.17) is 4.74 Å². The highest BCUT2D eigenvalue weighted by atomic mass is 16.5. The van der Waals surface area contributed by atoms with Gasteiger partial charge in [-0.1, -0.05) is 29.8 Å². The fraction of sp³-hybridized carbons (Fsp3) is 0.464. The minimum atomic E-state index is -0.115. The van der Waals surface area contributed by atoms with E-state index in [2.05, 4.69) is 31.0 Å². The van der Waals surface area contributed by atoms with Crippen molar-refractivity contribution in [3.63, 3.8) is 0 Å². The van der Waals surface area contributed by atoms with Gasteiger partial charge in [-0.15, -0.1) is 0 Å². The number of rotatable bonds is 3. The summed E-state index contributed by atoms with van der Waals surface area (Å²) in [4.78, 5) is 17.6. The maximum absolute atomic E-state index is 13.2. The number of piperidine rings is 1. The molecule has 0 aromatic heterocycles. The zero-order valence-corrected chi connectivity index (χ0v) is 19.6. The number of carbonyl (C=O) groups excluding carboxylic acids is 1. The minimum Gasteiger partial charge on any atom is -0.508 e. The number of likely N-dealkylation sites (N-methyl/N-ethyl adjacent to an activating group) is 2. The van der Waals surface area contributed by atoms with Crippen molar-refractivity contribution >= 4 is 12.0 Å². The number of benzene rings is 2. The molecule has 1 saturated carbocycles. The quantitative estimate of drug-likeness (QED) is 0.730. The molecule has 2 aromatic rings. The molecule has 0 radical (unpaired) electrons. The lowest BCUT2D eigenvalue weighted by Crippen LogP contribution is -2.68. The van der Waals surface area contributed by atoms with Crippen molar-refractivity contribution in [3.8, 4) is 11.5 Å². The molecule has 5 atom stereocenters. The van der Waals surface area contributed by atoms with E-state index in [1.54, 1.807) is 12.1 Å². The molecule has 1 saturated heterocycles. The van der Waals surface area contributed by atoms with Crippen LogP contribution in [0.5, 0.6) is 11.5 Å². The van der Waals surface area contributed by atoms with Gasteiger partial charge in [-0.2, -0.15) is 0 Å². The summed E-state index contributed by atoms with van der Waals surface area (Å²) in [6.07, 6.45) is 7.44. The zero-order chi connectivity index (χ0) is 22.9. The Labute approximate surface area is 195 Å². The topological polar surface area (TPSA) is 53.0 Å². The van der Waals surface area contributed by atoms with Crippen LogP contribution in [0.25, 0.3) is 6.08 Å². The summed E-state index contributed by atoms with van der Waals surface area (Å²) in [5.74, 6) is 1.83. The third-order valence-electron chi connectivity index (χ3n) is 8.89. The average molecular weight is 445 g/mol. The molecule has 2 heterocycles. The Morgan fingerprint density at radius 3 is 2.94 bits per heavy atom. The average Bonchev–Trinajstić information content (AvgIpc) is 3.14. The van der Waals surface area contributed by atoms with Crippen LogP contribution in [0, 0.1) is 12.8 Å². The molecule has 0 unspecified atom stereocenters. The van der Waals surface area contributed by atoms with Crippen LogP contribution in [0.1, 0.15) is 41.5 Å². The molecule has 2 bridgehead atoms. The molecular weight excluding hydrogens is 412 g/mol. The van der Waals surface area contributed by atoms with Gasteiger partial charge in [0, 0.05) is 35.7 Å². The second-order valence-corrected chi connectivity index (χ2v) is 10.5. The molecule has 1 spiro atoms. The van der Waals surface area contributed by atoms with E-state index in [0.717, 1.165) is 49.1 Å². The number of ether oxygens (including phenoxy) is 1. The maximum Gasteiger partial charge on any atom is 0.246 e. The Bertz CT molecular complexity index is 1160. The molecule has 1 N–H and O–H groups in total. The SMILES string of the molecule is Cc1cccc(C=CC(=O)N(C)[C@@H]2CC[C@H]3[C@H]4Cc5c(O)ccc6c5[C@@]3(CCN4C)[C@H]2O6)c1. The van der Waals surface area contributed by atoms with Crippen LogP contribution in [0.15, 0.2) is 42.5 Å². The highest BCUT2D eigenvalue weighted by Gasteiger charge is 2.66. The first-order chi connectivity index (χ1) is 15.9. The van der Waals surface area contributed by atoms with Crippen molar-refractivity contribution < 1.29 is 14.6 Å². The van der Waals surface area contributed by atoms with Gasteiger partial charge >= 0.3 is 0 Å². The molecule has 5 heteroatoms. The predicted molar refractivity (Wildman–Crippen MR) is 128 cm³/mol. The normalized spacial score (nSPS) is 31.8. The lowest BCUT2D eigenvalue weighted by Gasteiger charge is -2.59. The van der Waals surface area contributed by atoms with E-state index in [-0.39, 0.29) is 23.5 Å². The number of aromatic hydroxyl groups is 1. The predicted octanol–water partition coefficient (Wildman–Crippen LogP) is 3.91. The van der Waals surface area contributed by atoms with Gasteiger partial charge in [-0.25, -0.2) is 0 Å². The Kier molecular flexibility index (Phi) is 4.64. The molecule has 5 nitrogen and oxygen atoms in total. The monoisotopic (exact) mass is 444 g/mol. The van der Waals surface area contributed by atoms with Crippen LogP contribution >= 0.6 is 0 Å². The largest absolute Gasteiger partial charge is 0.508 e. The first kappa shape index (κ1) is 20.8. The van der Waals surface area contributed by atoms with E-state index in [1.165, 1.54) is 11.1 Å². The summed E-state index contributed by atoms with van der Waals surface area (Å²) >= 11 is 0. The molecule has 1 amide bonds. The molecule has 4 aliphatic rings. The van der Waals surface area contributed by atoms with Crippen molar-refractivity contribution in [1.82, 2.24) is 9.80 Å². The molecular formula is C28H32N2O3. The number of phenols is 1. The third kappa shape index (κ3) is 2.91. The van der Waals surface area contributed by atoms with Crippen molar-refractivity contribution in [2.75, 3.05) is 20.6 Å². The smallest absolute Gasteiger partial charge is 0.246 e. The van der Waals surface area contributed by atoms with Gasteiger partial charge < -0.3 is 19.6 Å². The van der Waals surface area contributed by atoms with E-state index in [0.29, 0.717) is 17.7 Å². The van der Waals surface area contributed by atoms with E-state index < -0.39 is 0 Å². The van der Waals surface area contributed by atoms with Crippen molar-refractivity contribution in [2.24, 2.45) is 5.92 Å². The molecule has 172 valence electrons. The van der Waals surface area contributed by atoms with Gasteiger partial charge in [0.15, 0.2) is 0 Å². The van der Waals surface area contributed by atoms with Crippen molar-refractivity contribution in [1.29, 1.82) is 0 Å². The number of phenolic OH excluding ortho intramolecular Hbond substituents is 1. The van der Waals surface area contributed by atoms with Crippen LogP contribution in [-0.2, 0) is 16.6 Å². The summed E-state index contributed by atoms with van der Waals surface area (Å²) in [5, 5.41) is 10.7. The van der Waals surface area contributed by atoms with Gasteiger partial charge in [0.1, 0.15) is 17.6 Å². The van der Waals surface area contributed by atoms with E-state index in [1.807, 2.05) is 36.2 Å². The number of amides is 1. The molecule has 2 aliphatic carbocycles. The molecule has 2 aromatic carbocycles. The van der Waals surface area contributed by atoms with Gasteiger partial charge in [0.05, 0.1) is 6.04 Å². The summed E-state index contributed by atoms with van der Waals surface area (Å²) in [7, 11) is 4.14. The van der Waals surface area contributed by atoms with Gasteiger partial charge in [0.25, 0.3) is 0 Å². The van der Waals surface area contributed by atoms with Crippen LogP contribution < -0.4 is 4.74 Å². The van der Waals surface area contributed by atoms with Crippen molar-refractivity contribution in [3.05, 3.63) is 64.7 Å². The summed E-state index contributed by atoms with van der Waals surface area (Å²) < 4.78 is 6.68. The Balaban J connectivity index is 1.34. The lowest BCUT2D eigenvalue weighted by molar-refractivity contribution is -0.134. The molecule has 6 rings (SSSR count). The Morgan fingerprint density at radius 2 is 2.12 bits per heavy atom. The number of aryl methyl sites for hydroxylation is 1. The van der Waals surface area contributed by atoms with Crippen LogP contribution in [0.4, 0.5) is 0 Å². The first-order valence-corrected chi connectivity index (χ1v) is 12.1. The van der Waals surface area contributed by atoms with Gasteiger partial charge in [-0.3, -0.25) is 4.79 Å². The number of likely N-dealkylation sites (tertiary alicyclic amines) is 1. The number of hydrogen-bond acceptors (Lipinski definition) is 4. The molecule has 2 aliphatic heterocycles. The highest BCUT2D eigenvalue weighted by Crippen LogP contribution is 2.63. The second-order valence-electron chi connectivity index (χ2n) is 10.5. The molecule has 33 heavy (non-hydrogen) atoms. The zero-order valence-electron chi connectivity index (χ0n) is 19.6. The van der Waals surface area contributed by atoms with Gasteiger partial charge in [0.2, 0.25) is 5.91 Å². The maximum atomic E-state index is 13.2. The second kappa shape index (κ2) is 7.36. The van der Waals surface area contributed by atoms with E-state index >= 15 is 0 Å². The standard InChI is InChI=1S/C28H32N2O3/c1-17-5-4-6-18(15-17)7-12-25(32)30(3)21-9-8-20-22-16-19-23(31)10-11-24-26(19)28(20,27(21)33-24)13-14-29(22)2/h4-7,10-12,15,20-22,27,31H,8-9,13-14,16H2,1-3H3/t20-,21+,22+,27-,28-/m0/s1. The third-order valence-corrected chi connectivity index (χ3v) is 8.89. The van der Waals surface area contributed by atoms with Gasteiger partial charge in [-0.05, 0) is 75.9 Å². The van der Waals surface area contributed by atoms with Crippen LogP contribution in [0.3, 0.4) is 0 Å². The van der Waals surface area contributed by atoms with Crippen molar-refractivity contribution in [2.45, 2.75) is 56.2 Å². The highest BCUT2D eigenvalue weighted by molar-refractivity contribution is 5.92. The number of carbonyl (C=O) groups is 1. The Hall–Kier alpha value is -2.79. The first-order valence-electron chi connectivity index (χ1n) is 12.1. The Morgan fingerprint density at radius 1 is 1.27 bits per heavy atom. The van der Waals surface area contributed by atoms with Crippen LogP contribution in [-0.4, -0.2) is 59.6 Å². The summed E-state index contributed by atoms with van der Waals surface area (Å²) in [6.45, 7) is 3.08. The molecule has 2 fully saturated rings. The minimum absolute atomic E-state index is 0.0132. The van der Waals surface area contributed by atoms with Crippen LogP contribution in [0.2, 0.25) is 0 Å². The summed E-state index contributed by atoms with van der Waals surface area (Å²) in [6, 6.07) is 12.3. The van der Waals surface area contributed by atoms with E-state index in [9.17, 15) is 9.90 Å². The lowest BCUT2D eigenvalue weighted by atomic mass is 9.51. The number of nitrogens with zero attached hydrogens (tertiary/aromatic N) is 2. The fourth-order valence-corrected chi connectivity index (χ4v) is 7.34. The fourth-order valence-electron chi connectivity index (χ4n) is 7.34. The summed E-state index contributed by atoms with van der Waals surface area (Å²) in [5.41, 5.74) is 4.41. The number of hydrogen-bond donors (Lipinski definition) is 1.